The topological polar surface area (TPSA) is 40.5 Å². The molecule has 3 nitrogen and oxygen atoms in total. The molecule has 1 fully saturated rings. The summed E-state index contributed by atoms with van der Waals surface area (Å²) in [6.45, 7) is 2.91. The number of aryl methyl sites for hydroxylation is 1. The Morgan fingerprint density at radius 2 is 2.24 bits per heavy atom. The van der Waals surface area contributed by atoms with E-state index in [4.69, 9.17) is 5.11 Å². The van der Waals surface area contributed by atoms with Crippen LogP contribution in [0.1, 0.15) is 24.0 Å². The summed E-state index contributed by atoms with van der Waals surface area (Å²) in [5.41, 5.74) is 2.37. The summed E-state index contributed by atoms with van der Waals surface area (Å²) in [5.74, 6) is -0.745. The molecule has 1 aromatic rings. The van der Waals surface area contributed by atoms with Crippen molar-refractivity contribution in [1.29, 1.82) is 0 Å². The van der Waals surface area contributed by atoms with Gasteiger partial charge in [-0.3, -0.25) is 9.69 Å². The number of nitrogens with zero attached hydrogens (tertiary/aromatic N) is 1. The molecule has 0 amide bonds. The Balaban J connectivity index is 2.06. The molecule has 1 aliphatic carbocycles. The van der Waals surface area contributed by atoms with E-state index in [9.17, 15) is 4.79 Å². The Kier molecular flexibility index (Phi) is 3.84. The van der Waals surface area contributed by atoms with Crippen LogP contribution in [0.25, 0.3) is 0 Å². The van der Waals surface area contributed by atoms with Gasteiger partial charge < -0.3 is 5.11 Å². The van der Waals surface area contributed by atoms with Gasteiger partial charge in [0.2, 0.25) is 0 Å². The third-order valence-electron chi connectivity index (χ3n) is 3.01. The molecule has 0 bridgehead atoms. The normalized spacial score (nSPS) is 15.2. The highest BCUT2D eigenvalue weighted by molar-refractivity contribution is 9.10. The molecule has 1 aromatic carbocycles. The maximum Gasteiger partial charge on any atom is 0.317 e. The van der Waals surface area contributed by atoms with Crippen LogP contribution in [0.15, 0.2) is 22.7 Å². The van der Waals surface area contributed by atoms with Crippen molar-refractivity contribution in [3.05, 3.63) is 33.8 Å². The molecular formula is C13H16BrNO2. The average molecular weight is 298 g/mol. The van der Waals surface area contributed by atoms with E-state index in [0.717, 1.165) is 23.9 Å². The summed E-state index contributed by atoms with van der Waals surface area (Å²) in [5, 5.41) is 8.89. The van der Waals surface area contributed by atoms with Gasteiger partial charge in [0.1, 0.15) is 0 Å². The van der Waals surface area contributed by atoms with E-state index in [0.29, 0.717) is 6.04 Å². The fourth-order valence-corrected chi connectivity index (χ4v) is 2.21. The van der Waals surface area contributed by atoms with Crippen LogP contribution in [-0.4, -0.2) is 28.6 Å². The number of halogens is 1. The first kappa shape index (κ1) is 12.6. The Morgan fingerprint density at radius 1 is 1.53 bits per heavy atom. The predicted molar refractivity (Wildman–Crippen MR) is 69.9 cm³/mol. The second-order valence-corrected chi connectivity index (χ2v) is 5.47. The highest BCUT2D eigenvalue weighted by Crippen LogP contribution is 2.28. The lowest BCUT2D eigenvalue weighted by atomic mass is 10.1. The molecule has 1 saturated carbocycles. The van der Waals surface area contributed by atoms with Crippen LogP contribution >= 0.6 is 15.9 Å². The Labute approximate surface area is 110 Å². The van der Waals surface area contributed by atoms with Gasteiger partial charge in [0.05, 0.1) is 6.54 Å². The van der Waals surface area contributed by atoms with Crippen molar-refractivity contribution in [1.82, 2.24) is 4.90 Å². The van der Waals surface area contributed by atoms with E-state index in [1.54, 1.807) is 0 Å². The summed E-state index contributed by atoms with van der Waals surface area (Å²) in [6, 6.07) is 6.65. The fraction of sp³-hybridized carbons (Fsp3) is 0.462. The smallest absolute Gasteiger partial charge is 0.317 e. The molecule has 17 heavy (non-hydrogen) atoms. The summed E-state index contributed by atoms with van der Waals surface area (Å²) in [7, 11) is 0. The third kappa shape index (κ3) is 3.54. The van der Waals surface area contributed by atoms with Crippen molar-refractivity contribution in [2.24, 2.45) is 0 Å². The number of carbonyl (C=O) groups is 1. The van der Waals surface area contributed by atoms with Crippen molar-refractivity contribution in [2.75, 3.05) is 6.54 Å². The third-order valence-corrected chi connectivity index (χ3v) is 3.90. The SMILES string of the molecule is Cc1cc(CN(CC(=O)O)C2CC2)ccc1Br. The minimum atomic E-state index is -0.745. The quantitative estimate of drug-likeness (QED) is 0.908. The van der Waals surface area contributed by atoms with Gasteiger partial charge in [-0.05, 0) is 37.0 Å². The van der Waals surface area contributed by atoms with Crippen LogP contribution in [0, 0.1) is 6.92 Å². The van der Waals surface area contributed by atoms with E-state index in [2.05, 4.69) is 22.0 Å². The van der Waals surface area contributed by atoms with E-state index < -0.39 is 5.97 Å². The molecule has 0 spiro atoms. The van der Waals surface area contributed by atoms with Gasteiger partial charge in [-0.2, -0.15) is 0 Å². The first-order chi connectivity index (χ1) is 8.06. The number of carboxylic acid groups (broad SMARTS) is 1. The summed E-state index contributed by atoms with van der Waals surface area (Å²) in [4.78, 5) is 12.9. The zero-order chi connectivity index (χ0) is 12.4. The van der Waals surface area contributed by atoms with Crippen LogP contribution in [-0.2, 0) is 11.3 Å². The molecule has 0 aliphatic heterocycles. The van der Waals surface area contributed by atoms with E-state index >= 15 is 0 Å². The van der Waals surface area contributed by atoms with E-state index in [-0.39, 0.29) is 6.54 Å². The van der Waals surface area contributed by atoms with Crippen molar-refractivity contribution in [3.63, 3.8) is 0 Å². The predicted octanol–water partition coefficient (Wildman–Crippen LogP) is 2.81. The van der Waals surface area contributed by atoms with E-state index in [1.165, 1.54) is 11.1 Å². The van der Waals surface area contributed by atoms with Crippen molar-refractivity contribution < 1.29 is 9.90 Å². The second kappa shape index (κ2) is 5.19. The van der Waals surface area contributed by atoms with Crippen LogP contribution in [0.3, 0.4) is 0 Å². The van der Waals surface area contributed by atoms with Crippen LogP contribution < -0.4 is 0 Å². The molecule has 4 heteroatoms. The van der Waals surface area contributed by atoms with Gasteiger partial charge >= 0.3 is 5.97 Å². The molecule has 1 N–H and O–H groups in total. The van der Waals surface area contributed by atoms with Gasteiger partial charge in [-0.1, -0.05) is 28.1 Å². The lowest BCUT2D eigenvalue weighted by Gasteiger charge is -2.20. The molecule has 0 radical (unpaired) electrons. The molecule has 0 atom stereocenters. The molecule has 1 aliphatic rings. The van der Waals surface area contributed by atoms with Gasteiger partial charge in [-0.25, -0.2) is 0 Å². The van der Waals surface area contributed by atoms with E-state index in [1.807, 2.05) is 24.0 Å². The summed E-state index contributed by atoms with van der Waals surface area (Å²) < 4.78 is 1.09. The molecule has 0 saturated heterocycles. The zero-order valence-electron chi connectivity index (χ0n) is 9.82. The molecule has 92 valence electrons. The molecule has 0 heterocycles. The van der Waals surface area contributed by atoms with Crippen LogP contribution in [0.2, 0.25) is 0 Å². The van der Waals surface area contributed by atoms with Crippen molar-refractivity contribution in [3.8, 4) is 0 Å². The second-order valence-electron chi connectivity index (χ2n) is 4.61. The monoisotopic (exact) mass is 297 g/mol. The van der Waals surface area contributed by atoms with Crippen LogP contribution in [0.4, 0.5) is 0 Å². The zero-order valence-corrected chi connectivity index (χ0v) is 11.4. The lowest BCUT2D eigenvalue weighted by molar-refractivity contribution is -0.138. The first-order valence-corrected chi connectivity index (χ1v) is 6.56. The number of hydrogen-bond acceptors (Lipinski definition) is 2. The Hall–Kier alpha value is -0.870. The minimum absolute atomic E-state index is 0.139. The Morgan fingerprint density at radius 3 is 2.76 bits per heavy atom. The molecule has 2 rings (SSSR count). The Bertz CT molecular complexity index is 429. The lowest BCUT2D eigenvalue weighted by Crippen LogP contribution is -2.31. The van der Waals surface area contributed by atoms with Crippen molar-refractivity contribution in [2.45, 2.75) is 32.4 Å². The van der Waals surface area contributed by atoms with Gasteiger partial charge in [0.25, 0.3) is 0 Å². The summed E-state index contributed by atoms with van der Waals surface area (Å²) in [6.07, 6.45) is 2.26. The molecule has 0 aromatic heterocycles. The number of carboxylic acids is 1. The fourth-order valence-electron chi connectivity index (χ4n) is 1.97. The van der Waals surface area contributed by atoms with Gasteiger partial charge in [0.15, 0.2) is 0 Å². The standard InChI is InChI=1S/C13H16BrNO2/c1-9-6-10(2-5-12(9)14)7-15(8-13(16)17)11-3-4-11/h2,5-6,11H,3-4,7-8H2,1H3,(H,16,17). The maximum atomic E-state index is 10.8. The number of benzene rings is 1. The van der Waals surface area contributed by atoms with Crippen LogP contribution in [0.5, 0.6) is 0 Å². The number of rotatable bonds is 5. The maximum absolute atomic E-state index is 10.8. The largest absolute Gasteiger partial charge is 0.480 e. The van der Waals surface area contributed by atoms with Gasteiger partial charge in [0, 0.05) is 17.1 Å². The number of hydrogen-bond donors (Lipinski definition) is 1. The van der Waals surface area contributed by atoms with Gasteiger partial charge in [-0.15, -0.1) is 0 Å². The highest BCUT2D eigenvalue weighted by atomic mass is 79.9. The first-order valence-electron chi connectivity index (χ1n) is 5.77. The molecule has 0 unspecified atom stereocenters. The highest BCUT2D eigenvalue weighted by Gasteiger charge is 2.30. The summed E-state index contributed by atoms with van der Waals surface area (Å²) >= 11 is 3.47. The van der Waals surface area contributed by atoms with Crippen molar-refractivity contribution >= 4 is 21.9 Å². The minimum Gasteiger partial charge on any atom is -0.480 e. The number of aliphatic carboxylic acids is 1. The molecular weight excluding hydrogens is 282 g/mol. The average Bonchev–Trinajstić information content (AvgIpc) is 3.05.